The zero-order valence-electron chi connectivity index (χ0n) is 15.3. The zero-order chi connectivity index (χ0) is 21.5. The lowest BCUT2D eigenvalue weighted by Gasteiger charge is -2.34. The Morgan fingerprint density at radius 3 is 2.60 bits per heavy atom. The maximum atomic E-state index is 13.7. The lowest BCUT2D eigenvalue weighted by Crippen LogP contribution is -2.36. The first-order valence-electron chi connectivity index (χ1n) is 8.99. The highest BCUT2D eigenvalue weighted by Crippen LogP contribution is 2.44. The van der Waals surface area contributed by atoms with Gasteiger partial charge in [0.2, 0.25) is 0 Å². The van der Waals surface area contributed by atoms with Gasteiger partial charge in [-0.25, -0.2) is 9.07 Å². The van der Waals surface area contributed by atoms with Crippen LogP contribution in [-0.2, 0) is 0 Å². The number of benzene rings is 2. The molecule has 0 unspecified atom stereocenters. The lowest BCUT2D eigenvalue weighted by atomic mass is 9.96. The number of alkyl halides is 3. The first-order valence-corrected chi connectivity index (χ1v) is 8.99. The topological polar surface area (TPSA) is 79.2 Å². The van der Waals surface area contributed by atoms with Gasteiger partial charge in [0.15, 0.2) is 6.04 Å². The molecule has 0 bridgehead atoms. The minimum atomic E-state index is -4.60. The maximum Gasteiger partial charge on any atom is 0.410 e. The number of halogens is 4. The molecule has 0 saturated carbocycles. The Hall–Kier alpha value is -3.56. The van der Waals surface area contributed by atoms with Gasteiger partial charge in [0.05, 0.1) is 12.2 Å². The summed E-state index contributed by atoms with van der Waals surface area (Å²) in [5.41, 5.74) is 0.648. The first-order chi connectivity index (χ1) is 14.2. The number of carbonyl (C=O) groups excluding carboxylic acids is 1. The SMILES string of the molecule is O=C(Nc1cccc(O)c1)c1cnn2c1N[C@H](c1ccc(F)cc1)C[C@H]2C(F)(F)F. The molecule has 0 fully saturated rings. The van der Waals surface area contributed by atoms with E-state index in [2.05, 4.69) is 15.7 Å². The van der Waals surface area contributed by atoms with E-state index in [1.54, 1.807) is 0 Å². The standard InChI is InChI=1S/C20H16F4N4O2/c21-12-6-4-11(5-7-12)16-9-17(20(22,23)24)28-18(27-16)15(10-25-28)19(30)26-13-2-1-3-14(29)8-13/h1-8,10,16-17,27,29H,9H2,(H,26,30)/t16-,17-/m0/s1. The number of phenols is 1. The van der Waals surface area contributed by atoms with Crippen molar-refractivity contribution >= 4 is 17.4 Å². The average Bonchev–Trinajstić information content (AvgIpc) is 3.11. The van der Waals surface area contributed by atoms with E-state index in [1.807, 2.05) is 0 Å². The minimum absolute atomic E-state index is 0.0727. The fourth-order valence-electron chi connectivity index (χ4n) is 3.42. The molecule has 1 aliphatic rings. The van der Waals surface area contributed by atoms with E-state index < -0.39 is 30.0 Å². The van der Waals surface area contributed by atoms with Crippen LogP contribution in [0.1, 0.15) is 34.4 Å². The molecule has 4 rings (SSSR count). The van der Waals surface area contributed by atoms with Gasteiger partial charge in [0.25, 0.3) is 5.91 Å². The summed E-state index contributed by atoms with van der Waals surface area (Å²) in [4.78, 5) is 12.7. The number of carbonyl (C=O) groups is 1. The number of hydrogen-bond donors (Lipinski definition) is 3. The van der Waals surface area contributed by atoms with Crippen molar-refractivity contribution in [1.29, 1.82) is 0 Å². The Kier molecular flexibility index (Phi) is 4.84. The van der Waals surface area contributed by atoms with E-state index in [-0.39, 0.29) is 29.2 Å². The molecule has 2 atom stereocenters. The summed E-state index contributed by atoms with van der Waals surface area (Å²) in [6, 6.07) is 8.16. The summed E-state index contributed by atoms with van der Waals surface area (Å²) in [5, 5.41) is 18.8. The molecular weight excluding hydrogens is 404 g/mol. The largest absolute Gasteiger partial charge is 0.508 e. The number of fused-ring (bicyclic) bond motifs is 1. The summed E-state index contributed by atoms with van der Waals surface area (Å²) in [7, 11) is 0. The molecule has 1 aromatic heterocycles. The molecule has 0 saturated heterocycles. The first kappa shape index (κ1) is 19.7. The maximum absolute atomic E-state index is 13.7. The fraction of sp³-hybridized carbons (Fsp3) is 0.200. The van der Waals surface area contributed by atoms with Crippen LogP contribution in [0.4, 0.5) is 29.1 Å². The highest BCUT2D eigenvalue weighted by atomic mass is 19.4. The van der Waals surface area contributed by atoms with Crippen molar-refractivity contribution in [3.05, 3.63) is 71.7 Å². The van der Waals surface area contributed by atoms with E-state index in [9.17, 15) is 27.5 Å². The van der Waals surface area contributed by atoms with Gasteiger partial charge in [-0.15, -0.1) is 0 Å². The molecule has 1 aliphatic heterocycles. The molecule has 3 aromatic rings. The van der Waals surface area contributed by atoms with Crippen LogP contribution < -0.4 is 10.6 Å². The zero-order valence-corrected chi connectivity index (χ0v) is 15.3. The molecule has 6 nitrogen and oxygen atoms in total. The van der Waals surface area contributed by atoms with Crippen LogP contribution in [0.2, 0.25) is 0 Å². The number of nitrogens with zero attached hydrogens (tertiary/aromatic N) is 2. The average molecular weight is 420 g/mol. The number of anilines is 2. The Balaban J connectivity index is 1.69. The Morgan fingerprint density at radius 1 is 1.20 bits per heavy atom. The molecule has 1 amide bonds. The second kappa shape index (κ2) is 7.36. The third-order valence-corrected chi connectivity index (χ3v) is 4.86. The van der Waals surface area contributed by atoms with Crippen LogP contribution >= 0.6 is 0 Å². The van der Waals surface area contributed by atoms with E-state index in [0.717, 1.165) is 10.9 Å². The van der Waals surface area contributed by atoms with Gasteiger partial charge in [0, 0.05) is 18.2 Å². The molecule has 2 aromatic carbocycles. The highest BCUT2D eigenvalue weighted by molar-refractivity contribution is 6.07. The van der Waals surface area contributed by atoms with Crippen LogP contribution in [-0.4, -0.2) is 27.0 Å². The summed E-state index contributed by atoms with van der Waals surface area (Å²) in [6.45, 7) is 0. The van der Waals surface area contributed by atoms with E-state index in [1.165, 1.54) is 48.5 Å². The number of rotatable bonds is 3. The molecule has 0 spiro atoms. The van der Waals surface area contributed by atoms with Crippen molar-refractivity contribution in [2.24, 2.45) is 0 Å². The number of phenolic OH excluding ortho intramolecular Hbond substituents is 1. The van der Waals surface area contributed by atoms with Crippen LogP contribution in [0.5, 0.6) is 5.75 Å². The third kappa shape index (κ3) is 3.80. The normalized spacial score (nSPS) is 18.4. The molecule has 0 radical (unpaired) electrons. The fourth-order valence-corrected chi connectivity index (χ4v) is 3.42. The summed E-state index contributed by atoms with van der Waals surface area (Å²) in [6.07, 6.45) is -3.90. The van der Waals surface area contributed by atoms with Crippen molar-refractivity contribution in [2.75, 3.05) is 10.6 Å². The molecule has 3 N–H and O–H groups in total. The predicted molar refractivity (Wildman–Crippen MR) is 101 cm³/mol. The Bertz CT molecular complexity index is 1080. The lowest BCUT2D eigenvalue weighted by molar-refractivity contribution is -0.173. The smallest absolute Gasteiger partial charge is 0.410 e. The third-order valence-electron chi connectivity index (χ3n) is 4.86. The number of aromatic hydroxyl groups is 1. The van der Waals surface area contributed by atoms with E-state index in [0.29, 0.717) is 5.56 Å². The van der Waals surface area contributed by atoms with Gasteiger partial charge < -0.3 is 15.7 Å². The number of amides is 1. The van der Waals surface area contributed by atoms with E-state index >= 15 is 0 Å². The number of nitrogens with one attached hydrogen (secondary N) is 2. The molecular formula is C20H16F4N4O2. The van der Waals surface area contributed by atoms with Crippen LogP contribution in [0, 0.1) is 5.82 Å². The number of aromatic nitrogens is 2. The van der Waals surface area contributed by atoms with Gasteiger partial charge in [0.1, 0.15) is 22.9 Å². The Labute approximate surface area is 168 Å². The molecule has 156 valence electrons. The summed E-state index contributed by atoms with van der Waals surface area (Å²) < 4.78 is 55.1. The van der Waals surface area contributed by atoms with Crippen molar-refractivity contribution in [3.63, 3.8) is 0 Å². The highest BCUT2D eigenvalue weighted by Gasteiger charge is 2.47. The quantitative estimate of drug-likeness (QED) is 0.540. The van der Waals surface area contributed by atoms with Crippen molar-refractivity contribution in [1.82, 2.24) is 9.78 Å². The summed E-state index contributed by atoms with van der Waals surface area (Å²) >= 11 is 0. The minimum Gasteiger partial charge on any atom is -0.508 e. The van der Waals surface area contributed by atoms with Gasteiger partial charge in [-0.05, 0) is 29.8 Å². The van der Waals surface area contributed by atoms with Crippen LogP contribution in [0.3, 0.4) is 0 Å². The second-order valence-electron chi connectivity index (χ2n) is 6.90. The second-order valence-corrected chi connectivity index (χ2v) is 6.90. The van der Waals surface area contributed by atoms with Gasteiger partial charge in [-0.1, -0.05) is 18.2 Å². The monoisotopic (exact) mass is 420 g/mol. The van der Waals surface area contributed by atoms with Gasteiger partial charge >= 0.3 is 6.18 Å². The van der Waals surface area contributed by atoms with Crippen molar-refractivity contribution in [2.45, 2.75) is 24.7 Å². The van der Waals surface area contributed by atoms with Crippen molar-refractivity contribution < 1.29 is 27.5 Å². The predicted octanol–water partition coefficient (Wildman–Crippen LogP) is 4.64. The molecule has 10 heteroatoms. The number of hydrogen-bond acceptors (Lipinski definition) is 4. The summed E-state index contributed by atoms with van der Waals surface area (Å²) in [5.74, 6) is -1.35. The molecule has 0 aliphatic carbocycles. The van der Waals surface area contributed by atoms with Crippen LogP contribution in [0.15, 0.2) is 54.7 Å². The van der Waals surface area contributed by atoms with Gasteiger partial charge in [-0.3, -0.25) is 4.79 Å². The molecule has 30 heavy (non-hydrogen) atoms. The van der Waals surface area contributed by atoms with Crippen LogP contribution in [0.25, 0.3) is 0 Å². The molecule has 2 heterocycles. The van der Waals surface area contributed by atoms with Crippen molar-refractivity contribution in [3.8, 4) is 5.75 Å². The van der Waals surface area contributed by atoms with Gasteiger partial charge in [-0.2, -0.15) is 18.3 Å². The van der Waals surface area contributed by atoms with E-state index in [4.69, 9.17) is 0 Å². The Morgan fingerprint density at radius 2 is 1.93 bits per heavy atom.